The molecule has 7 heteroatoms. The van der Waals surface area contributed by atoms with Gasteiger partial charge >= 0.3 is 0 Å². The Kier molecular flexibility index (Phi) is 8.95. The number of rotatable bonds is 9. The van der Waals surface area contributed by atoms with E-state index in [1.165, 1.54) is 6.21 Å². The number of nitrogens with zero attached hydrogens (tertiary/aromatic N) is 2. The topological polar surface area (TPSA) is 92.5 Å². The maximum atomic E-state index is 12.9. The zero-order chi connectivity index (χ0) is 22.1. The van der Waals surface area contributed by atoms with Crippen LogP contribution >= 0.6 is 0 Å². The number of nitrogens with one attached hydrogen (secondary N) is 3. The van der Waals surface area contributed by atoms with E-state index in [2.05, 4.69) is 22.0 Å². The summed E-state index contributed by atoms with van der Waals surface area (Å²) in [6.07, 6.45) is 6.25. The molecule has 0 bridgehead atoms. The summed E-state index contributed by atoms with van der Waals surface area (Å²) < 4.78 is 5.33. The summed E-state index contributed by atoms with van der Waals surface area (Å²) in [5, 5.41) is 18.1. The summed E-state index contributed by atoms with van der Waals surface area (Å²) in [5.74, 6) is 0.815. The molecule has 1 aromatic rings. The monoisotopic (exact) mass is 411 g/mol. The summed E-state index contributed by atoms with van der Waals surface area (Å²) >= 11 is 0. The average Bonchev–Trinajstić information content (AvgIpc) is 2.74. The number of benzene rings is 1. The Morgan fingerprint density at radius 1 is 1.30 bits per heavy atom. The first-order valence-corrected chi connectivity index (χ1v) is 10.2. The van der Waals surface area contributed by atoms with Gasteiger partial charge in [-0.15, -0.1) is 0 Å². The van der Waals surface area contributed by atoms with Gasteiger partial charge in [-0.25, -0.2) is 0 Å². The first-order chi connectivity index (χ1) is 14.4. The molecule has 2 unspecified atom stereocenters. The molecular formula is C23H33N5O2. The highest BCUT2D eigenvalue weighted by Gasteiger charge is 2.34. The highest BCUT2D eigenvalue weighted by molar-refractivity contribution is 5.96. The molecule has 0 radical (unpaired) electrons. The third kappa shape index (κ3) is 6.37. The molecule has 1 aliphatic rings. The number of carbonyl (C=O) groups excluding carboxylic acids is 1. The number of methoxy groups -OCH3 is 1. The van der Waals surface area contributed by atoms with Crippen LogP contribution in [0.3, 0.4) is 0 Å². The lowest BCUT2D eigenvalue weighted by molar-refractivity contribution is -0.129. The van der Waals surface area contributed by atoms with Gasteiger partial charge < -0.3 is 20.9 Å². The molecule has 0 aliphatic carbocycles. The van der Waals surface area contributed by atoms with E-state index in [-0.39, 0.29) is 18.0 Å². The minimum absolute atomic E-state index is 0.00859. The van der Waals surface area contributed by atoms with Gasteiger partial charge in [0.05, 0.1) is 7.11 Å². The quantitative estimate of drug-likeness (QED) is 0.430. The SMILES string of the molecule is C/C=C(\OC)c1ccc(CNC(=O)C2CN(CC(=N)/C=C\C=N)CC(C)N2C)cc1. The lowest BCUT2D eigenvalue weighted by atomic mass is 10.1. The van der Waals surface area contributed by atoms with Crippen molar-refractivity contribution in [3.63, 3.8) is 0 Å². The Morgan fingerprint density at radius 3 is 2.60 bits per heavy atom. The normalized spacial score (nSPS) is 20.9. The van der Waals surface area contributed by atoms with Gasteiger partial charge in [-0.05, 0) is 44.7 Å². The van der Waals surface area contributed by atoms with Crippen molar-refractivity contribution in [1.82, 2.24) is 15.1 Å². The van der Waals surface area contributed by atoms with Crippen molar-refractivity contribution in [2.75, 3.05) is 33.8 Å². The molecule has 1 heterocycles. The van der Waals surface area contributed by atoms with Crippen LogP contribution in [0.5, 0.6) is 0 Å². The van der Waals surface area contributed by atoms with Crippen LogP contribution in [-0.2, 0) is 16.1 Å². The number of ether oxygens (including phenoxy) is 1. The number of hydrogen-bond donors (Lipinski definition) is 3. The van der Waals surface area contributed by atoms with Gasteiger partial charge in [-0.1, -0.05) is 24.3 Å². The first kappa shape index (κ1) is 23.5. The van der Waals surface area contributed by atoms with Crippen LogP contribution in [-0.4, -0.2) is 73.5 Å². The zero-order valence-electron chi connectivity index (χ0n) is 18.3. The number of amides is 1. The highest BCUT2D eigenvalue weighted by Crippen LogP contribution is 2.17. The third-order valence-corrected chi connectivity index (χ3v) is 5.42. The van der Waals surface area contributed by atoms with E-state index in [4.69, 9.17) is 15.6 Å². The molecule has 162 valence electrons. The Balaban J connectivity index is 1.96. The van der Waals surface area contributed by atoms with Crippen molar-refractivity contribution < 1.29 is 9.53 Å². The minimum atomic E-state index is -0.268. The standard InChI is InChI=1S/C23H33N5O2/c1-5-22(30-4)19-10-8-18(9-11-19)13-26-23(29)21-16-28(14-17(2)27(21)3)15-20(25)7-6-12-24/h5-12,17,21,24-25H,13-16H2,1-4H3,(H,26,29)/b7-6-,22-5-,24-12?,25-20?. The molecule has 0 saturated carbocycles. The molecule has 1 aliphatic heterocycles. The molecule has 0 aromatic heterocycles. The third-order valence-electron chi connectivity index (χ3n) is 5.42. The fraction of sp³-hybridized carbons (Fsp3) is 0.435. The molecule has 2 rings (SSSR count). The van der Waals surface area contributed by atoms with Crippen LogP contribution in [0.25, 0.3) is 5.76 Å². The largest absolute Gasteiger partial charge is 0.496 e. The maximum absolute atomic E-state index is 12.9. The van der Waals surface area contributed by atoms with Gasteiger partial charge in [0.1, 0.15) is 11.8 Å². The fourth-order valence-electron chi connectivity index (χ4n) is 3.61. The van der Waals surface area contributed by atoms with Crippen LogP contribution in [0.15, 0.2) is 42.5 Å². The number of hydrogen-bond acceptors (Lipinski definition) is 6. The summed E-state index contributed by atoms with van der Waals surface area (Å²) in [6, 6.07) is 7.91. The molecular weight excluding hydrogens is 378 g/mol. The lowest BCUT2D eigenvalue weighted by Gasteiger charge is -2.42. The van der Waals surface area contributed by atoms with Crippen LogP contribution in [0.4, 0.5) is 0 Å². The van der Waals surface area contributed by atoms with Crippen LogP contribution in [0, 0.1) is 10.8 Å². The number of piperazine rings is 1. The second-order valence-corrected chi connectivity index (χ2v) is 7.55. The second-order valence-electron chi connectivity index (χ2n) is 7.55. The van der Waals surface area contributed by atoms with Crippen molar-refractivity contribution in [2.24, 2.45) is 0 Å². The predicted octanol–water partition coefficient (Wildman–Crippen LogP) is 2.54. The lowest BCUT2D eigenvalue weighted by Crippen LogP contribution is -2.61. The summed E-state index contributed by atoms with van der Waals surface area (Å²) in [6.45, 7) is 6.34. The van der Waals surface area contributed by atoms with Gasteiger partial charge in [0.15, 0.2) is 0 Å². The number of allylic oxidation sites excluding steroid dienone is 2. The molecule has 1 fully saturated rings. The average molecular weight is 412 g/mol. The summed E-state index contributed by atoms with van der Waals surface area (Å²) in [4.78, 5) is 17.1. The van der Waals surface area contributed by atoms with Gasteiger partial charge in [0.25, 0.3) is 0 Å². The van der Waals surface area contributed by atoms with Crippen molar-refractivity contribution in [3.05, 3.63) is 53.6 Å². The first-order valence-electron chi connectivity index (χ1n) is 10.2. The summed E-state index contributed by atoms with van der Waals surface area (Å²) in [7, 11) is 3.63. The van der Waals surface area contributed by atoms with Crippen LogP contribution in [0.1, 0.15) is 25.0 Å². The van der Waals surface area contributed by atoms with Crippen LogP contribution in [0.2, 0.25) is 0 Å². The van der Waals surface area contributed by atoms with Gasteiger partial charge in [-0.3, -0.25) is 14.6 Å². The van der Waals surface area contributed by atoms with Crippen molar-refractivity contribution >= 4 is 23.6 Å². The molecule has 30 heavy (non-hydrogen) atoms. The highest BCUT2D eigenvalue weighted by atomic mass is 16.5. The zero-order valence-corrected chi connectivity index (χ0v) is 18.3. The van der Waals surface area contributed by atoms with Crippen molar-refractivity contribution in [1.29, 1.82) is 10.8 Å². The number of likely N-dealkylation sites (N-methyl/N-ethyl adjacent to an activating group) is 1. The van der Waals surface area contributed by atoms with Gasteiger partial charge in [-0.2, -0.15) is 0 Å². The van der Waals surface area contributed by atoms with Crippen molar-refractivity contribution in [2.45, 2.75) is 32.5 Å². The Bertz CT molecular complexity index is 800. The Morgan fingerprint density at radius 2 is 2.00 bits per heavy atom. The van der Waals surface area contributed by atoms with Gasteiger partial charge in [0.2, 0.25) is 5.91 Å². The van der Waals surface area contributed by atoms with Gasteiger partial charge in [0, 0.05) is 49.7 Å². The molecule has 1 saturated heterocycles. The predicted molar refractivity (Wildman–Crippen MR) is 122 cm³/mol. The van der Waals surface area contributed by atoms with E-state index < -0.39 is 0 Å². The molecule has 1 amide bonds. The Hall–Kier alpha value is -2.77. The van der Waals surface area contributed by atoms with E-state index >= 15 is 0 Å². The van der Waals surface area contributed by atoms with E-state index in [1.807, 2.05) is 44.3 Å². The second kappa shape index (κ2) is 11.4. The minimum Gasteiger partial charge on any atom is -0.496 e. The Labute approximate surface area is 179 Å². The molecule has 3 N–H and O–H groups in total. The molecule has 1 aromatic carbocycles. The molecule has 7 nitrogen and oxygen atoms in total. The maximum Gasteiger partial charge on any atom is 0.238 e. The molecule has 0 spiro atoms. The van der Waals surface area contributed by atoms with E-state index in [1.54, 1.807) is 19.3 Å². The van der Waals surface area contributed by atoms with Crippen molar-refractivity contribution in [3.8, 4) is 0 Å². The van der Waals surface area contributed by atoms with Crippen LogP contribution < -0.4 is 5.32 Å². The number of carbonyl (C=O) groups is 1. The van der Waals surface area contributed by atoms with E-state index in [0.717, 1.165) is 23.4 Å². The van der Waals surface area contributed by atoms with E-state index in [9.17, 15) is 4.79 Å². The smallest absolute Gasteiger partial charge is 0.238 e. The van der Waals surface area contributed by atoms with E-state index in [0.29, 0.717) is 25.3 Å². The summed E-state index contributed by atoms with van der Waals surface area (Å²) in [5.41, 5.74) is 2.47. The molecule has 2 atom stereocenters. The fourth-order valence-corrected chi connectivity index (χ4v) is 3.61.